The molecule has 3 heteroatoms. The molecular formula is C22H23N3. The van der Waals surface area contributed by atoms with Crippen molar-refractivity contribution in [3.63, 3.8) is 0 Å². The Balaban J connectivity index is 1.77. The Labute approximate surface area is 148 Å². The fraction of sp³-hybridized carbons (Fsp3) is 0.318. The van der Waals surface area contributed by atoms with Crippen molar-refractivity contribution in [2.75, 3.05) is 13.6 Å². The number of fused-ring (bicyclic) bond motifs is 4. The molecule has 126 valence electrons. The fourth-order valence-corrected chi connectivity index (χ4v) is 4.41. The zero-order valence-electron chi connectivity index (χ0n) is 14.9. The van der Waals surface area contributed by atoms with E-state index in [1.165, 1.54) is 51.0 Å². The monoisotopic (exact) mass is 329 g/mol. The summed E-state index contributed by atoms with van der Waals surface area (Å²) in [5.74, 6) is 0. The quantitative estimate of drug-likeness (QED) is 0.661. The fourth-order valence-electron chi connectivity index (χ4n) is 4.41. The highest BCUT2D eigenvalue weighted by Crippen LogP contribution is 2.37. The molecule has 0 N–H and O–H groups in total. The minimum absolute atomic E-state index is 1.06. The lowest BCUT2D eigenvalue weighted by atomic mass is 9.94. The molecule has 25 heavy (non-hydrogen) atoms. The molecule has 0 spiro atoms. The molecule has 0 saturated carbocycles. The summed E-state index contributed by atoms with van der Waals surface area (Å²) in [7, 11) is 2.23. The second-order valence-corrected chi connectivity index (χ2v) is 7.51. The topological polar surface area (TPSA) is 21.1 Å². The van der Waals surface area contributed by atoms with E-state index in [1.54, 1.807) is 0 Å². The highest BCUT2D eigenvalue weighted by Gasteiger charge is 2.27. The molecule has 0 saturated heterocycles. The van der Waals surface area contributed by atoms with Crippen molar-refractivity contribution in [1.29, 1.82) is 0 Å². The maximum absolute atomic E-state index is 4.24. The molecule has 3 aromatic rings. The van der Waals surface area contributed by atoms with Crippen molar-refractivity contribution in [2.24, 2.45) is 0 Å². The third kappa shape index (κ3) is 2.34. The van der Waals surface area contributed by atoms with Crippen molar-refractivity contribution in [2.45, 2.75) is 32.7 Å². The number of aromatic nitrogens is 2. The van der Waals surface area contributed by atoms with Gasteiger partial charge in [0, 0.05) is 59.9 Å². The van der Waals surface area contributed by atoms with Gasteiger partial charge >= 0.3 is 0 Å². The summed E-state index contributed by atoms with van der Waals surface area (Å²) in [5.41, 5.74) is 8.85. The van der Waals surface area contributed by atoms with Gasteiger partial charge < -0.3 is 9.47 Å². The minimum Gasteiger partial charge on any atom is -0.317 e. The molecule has 0 radical (unpaired) electrons. The molecule has 2 aromatic heterocycles. The Kier molecular flexibility index (Phi) is 3.32. The second-order valence-electron chi connectivity index (χ2n) is 7.51. The van der Waals surface area contributed by atoms with Gasteiger partial charge in [-0.05, 0) is 56.0 Å². The lowest BCUT2D eigenvalue weighted by molar-refractivity contribution is 0.310. The summed E-state index contributed by atoms with van der Waals surface area (Å²) in [6.07, 6.45) is 9.69. The molecule has 3 nitrogen and oxygen atoms in total. The number of pyridine rings is 1. The van der Waals surface area contributed by atoms with Gasteiger partial charge in [-0.1, -0.05) is 17.7 Å². The van der Waals surface area contributed by atoms with Crippen LogP contribution in [0.5, 0.6) is 0 Å². The van der Waals surface area contributed by atoms with Crippen LogP contribution in [0.4, 0.5) is 0 Å². The van der Waals surface area contributed by atoms with Crippen LogP contribution in [0.15, 0.2) is 42.2 Å². The van der Waals surface area contributed by atoms with E-state index < -0.39 is 0 Å². The lowest BCUT2D eigenvalue weighted by Crippen LogP contribution is -2.27. The molecule has 0 fully saturated rings. The van der Waals surface area contributed by atoms with Crippen LogP contribution in [0.2, 0.25) is 0 Å². The zero-order chi connectivity index (χ0) is 17.0. The maximum atomic E-state index is 4.24. The average molecular weight is 329 g/mol. The third-order valence-electron chi connectivity index (χ3n) is 5.71. The Morgan fingerprint density at radius 1 is 1.00 bits per heavy atom. The van der Waals surface area contributed by atoms with Gasteiger partial charge in [0.2, 0.25) is 0 Å². The summed E-state index contributed by atoms with van der Waals surface area (Å²) in [6, 6.07) is 8.89. The van der Waals surface area contributed by atoms with Gasteiger partial charge in [-0.3, -0.25) is 4.98 Å². The molecular weight excluding hydrogens is 306 g/mol. The standard InChI is InChI=1S/C22H23N3/c1-15-3-6-21-19(11-15)20-14-24(2)10-8-22(20)25(21)18-5-4-17-13-23-9-7-16(17)12-18/h4-5,7,9,11-13H,3,6,8,10,14H2,1-2H3. The molecule has 0 amide bonds. The molecule has 2 aliphatic rings. The Hall–Kier alpha value is -2.39. The predicted octanol–water partition coefficient (Wildman–Crippen LogP) is 4.36. The van der Waals surface area contributed by atoms with Gasteiger partial charge in [0.25, 0.3) is 0 Å². The van der Waals surface area contributed by atoms with Crippen LogP contribution in [0.3, 0.4) is 0 Å². The Bertz CT molecular complexity index is 1010. The van der Waals surface area contributed by atoms with Crippen molar-refractivity contribution in [3.05, 3.63) is 64.7 Å². The molecule has 1 aliphatic carbocycles. The van der Waals surface area contributed by atoms with E-state index in [9.17, 15) is 0 Å². The van der Waals surface area contributed by atoms with Crippen LogP contribution in [-0.2, 0) is 19.4 Å². The summed E-state index contributed by atoms with van der Waals surface area (Å²) in [4.78, 5) is 6.68. The molecule has 0 bridgehead atoms. The normalized spacial score (nSPS) is 17.3. The van der Waals surface area contributed by atoms with E-state index >= 15 is 0 Å². The van der Waals surface area contributed by atoms with Crippen LogP contribution in [0, 0.1) is 0 Å². The van der Waals surface area contributed by atoms with Gasteiger partial charge in [0.05, 0.1) is 0 Å². The number of benzene rings is 1. The van der Waals surface area contributed by atoms with Crippen molar-refractivity contribution >= 4 is 16.8 Å². The van der Waals surface area contributed by atoms with E-state index in [0.29, 0.717) is 0 Å². The minimum atomic E-state index is 1.06. The SMILES string of the molecule is CC1=Cc2c3c(n(-c4ccc5cnccc5c4)c2CC1)CCN(C)C3. The first-order valence-electron chi connectivity index (χ1n) is 9.16. The number of allylic oxidation sites excluding steroid dienone is 1. The summed E-state index contributed by atoms with van der Waals surface area (Å²) in [6.45, 7) is 4.46. The predicted molar refractivity (Wildman–Crippen MR) is 103 cm³/mol. The molecule has 5 rings (SSSR count). The summed E-state index contributed by atoms with van der Waals surface area (Å²) >= 11 is 0. The Morgan fingerprint density at radius 3 is 2.84 bits per heavy atom. The first-order chi connectivity index (χ1) is 12.2. The number of hydrogen-bond donors (Lipinski definition) is 0. The summed E-state index contributed by atoms with van der Waals surface area (Å²) < 4.78 is 2.56. The first-order valence-corrected chi connectivity index (χ1v) is 9.16. The third-order valence-corrected chi connectivity index (χ3v) is 5.71. The Morgan fingerprint density at radius 2 is 1.92 bits per heavy atom. The van der Waals surface area contributed by atoms with E-state index in [2.05, 4.69) is 58.8 Å². The van der Waals surface area contributed by atoms with E-state index in [0.717, 1.165) is 25.9 Å². The molecule has 3 heterocycles. The number of nitrogens with zero attached hydrogens (tertiary/aromatic N) is 3. The van der Waals surface area contributed by atoms with Gasteiger partial charge in [-0.25, -0.2) is 0 Å². The van der Waals surface area contributed by atoms with Crippen molar-refractivity contribution in [1.82, 2.24) is 14.5 Å². The van der Waals surface area contributed by atoms with Crippen LogP contribution >= 0.6 is 0 Å². The van der Waals surface area contributed by atoms with Gasteiger partial charge in [-0.2, -0.15) is 0 Å². The molecule has 1 aliphatic heterocycles. The van der Waals surface area contributed by atoms with Crippen LogP contribution in [0.25, 0.3) is 22.5 Å². The number of hydrogen-bond acceptors (Lipinski definition) is 2. The molecule has 0 unspecified atom stereocenters. The highest BCUT2D eigenvalue weighted by atomic mass is 15.1. The molecule has 1 aromatic carbocycles. The van der Waals surface area contributed by atoms with E-state index in [-0.39, 0.29) is 0 Å². The largest absolute Gasteiger partial charge is 0.317 e. The van der Waals surface area contributed by atoms with Crippen molar-refractivity contribution < 1.29 is 0 Å². The average Bonchev–Trinajstić information content (AvgIpc) is 2.94. The summed E-state index contributed by atoms with van der Waals surface area (Å²) in [5, 5.41) is 2.47. The van der Waals surface area contributed by atoms with Gasteiger partial charge in [0.1, 0.15) is 0 Å². The van der Waals surface area contributed by atoms with Gasteiger partial charge in [-0.15, -0.1) is 0 Å². The van der Waals surface area contributed by atoms with Crippen LogP contribution in [-0.4, -0.2) is 28.0 Å². The lowest BCUT2D eigenvalue weighted by Gasteiger charge is -2.24. The second kappa shape index (κ2) is 5.57. The van der Waals surface area contributed by atoms with E-state index in [4.69, 9.17) is 0 Å². The van der Waals surface area contributed by atoms with E-state index in [1.807, 2.05) is 12.4 Å². The molecule has 0 atom stereocenters. The maximum Gasteiger partial charge on any atom is 0.0461 e. The van der Waals surface area contributed by atoms with Crippen LogP contribution < -0.4 is 0 Å². The van der Waals surface area contributed by atoms with Crippen LogP contribution in [0.1, 0.15) is 35.9 Å². The van der Waals surface area contributed by atoms with Crippen molar-refractivity contribution in [3.8, 4) is 5.69 Å². The smallest absolute Gasteiger partial charge is 0.0461 e. The van der Waals surface area contributed by atoms with Gasteiger partial charge in [0.15, 0.2) is 0 Å². The first kappa shape index (κ1) is 14.9. The zero-order valence-corrected chi connectivity index (χ0v) is 14.9. The number of likely N-dealkylation sites (N-methyl/N-ethyl adjacent to an activating group) is 1. The highest BCUT2D eigenvalue weighted by molar-refractivity contribution is 5.83. The number of rotatable bonds is 1.